The molecule has 1 saturated heterocycles. The molecule has 1 N–H and O–H groups in total. The number of hydrogen-bond donors (Lipinski definition) is 1. The van der Waals surface area contributed by atoms with Crippen LogP contribution in [0, 0.1) is 6.92 Å². The van der Waals surface area contributed by atoms with Crippen molar-refractivity contribution < 1.29 is 0 Å². The van der Waals surface area contributed by atoms with Crippen molar-refractivity contribution in [3.8, 4) is 0 Å². The normalized spacial score (nSPS) is 15.5. The summed E-state index contributed by atoms with van der Waals surface area (Å²) in [6.07, 6.45) is 0. The molecule has 8 heteroatoms. The van der Waals surface area contributed by atoms with Crippen LogP contribution in [0.3, 0.4) is 0 Å². The topological polar surface area (TPSA) is 43.8 Å². The van der Waals surface area contributed by atoms with Crippen molar-refractivity contribution in [2.24, 2.45) is 4.99 Å². The zero-order valence-corrected chi connectivity index (χ0v) is 17.3. The minimum atomic E-state index is 0. The molecule has 0 atom stereocenters. The second-order valence-corrected chi connectivity index (χ2v) is 7.08. The van der Waals surface area contributed by atoms with Gasteiger partial charge in [0.25, 0.3) is 0 Å². The number of aryl methyl sites for hydroxylation is 1. The van der Waals surface area contributed by atoms with Gasteiger partial charge in [-0.15, -0.1) is 46.7 Å². The Balaban J connectivity index is 0.00000192. The Morgan fingerprint density at radius 1 is 1.30 bits per heavy atom. The van der Waals surface area contributed by atoms with Gasteiger partial charge < -0.3 is 15.1 Å². The molecule has 126 valence electrons. The van der Waals surface area contributed by atoms with E-state index in [0.29, 0.717) is 0 Å². The van der Waals surface area contributed by atoms with Gasteiger partial charge in [0.1, 0.15) is 5.01 Å². The molecule has 23 heavy (non-hydrogen) atoms. The van der Waals surface area contributed by atoms with E-state index >= 15 is 0 Å². The van der Waals surface area contributed by atoms with Gasteiger partial charge in [0.15, 0.2) is 5.96 Å². The molecule has 5 nitrogen and oxygen atoms in total. The Labute approximate surface area is 162 Å². The fourth-order valence-corrected chi connectivity index (χ4v) is 4.06. The van der Waals surface area contributed by atoms with Crippen molar-refractivity contribution in [3.05, 3.63) is 33.6 Å². The molecule has 3 heterocycles. The summed E-state index contributed by atoms with van der Waals surface area (Å²) < 4.78 is 0. The average Bonchev–Trinajstić information content (AvgIpc) is 3.20. The molecule has 3 rings (SSSR count). The van der Waals surface area contributed by atoms with E-state index in [2.05, 4.69) is 48.0 Å². The first-order valence-electron chi connectivity index (χ1n) is 7.41. The van der Waals surface area contributed by atoms with Gasteiger partial charge in [-0.05, 0) is 24.4 Å². The molecular formula is C15H22IN5S2. The van der Waals surface area contributed by atoms with Crippen LogP contribution < -0.4 is 10.2 Å². The number of piperazine rings is 1. The molecule has 0 radical (unpaired) electrons. The third-order valence-electron chi connectivity index (χ3n) is 3.67. The first-order valence-corrected chi connectivity index (χ1v) is 9.17. The summed E-state index contributed by atoms with van der Waals surface area (Å²) in [6.45, 7) is 6.84. The fraction of sp³-hybridized carbons (Fsp3) is 0.467. The zero-order chi connectivity index (χ0) is 15.4. The molecule has 1 fully saturated rings. The van der Waals surface area contributed by atoms with Gasteiger partial charge >= 0.3 is 0 Å². The molecule has 0 unspecified atom stereocenters. The van der Waals surface area contributed by atoms with E-state index in [1.54, 1.807) is 11.3 Å². The summed E-state index contributed by atoms with van der Waals surface area (Å²) in [4.78, 5) is 13.7. The van der Waals surface area contributed by atoms with Crippen LogP contribution in [0.15, 0.2) is 27.9 Å². The van der Waals surface area contributed by atoms with E-state index in [0.717, 1.165) is 49.4 Å². The highest BCUT2D eigenvalue weighted by Gasteiger charge is 2.20. The number of guanidine groups is 1. The molecular weight excluding hydrogens is 441 g/mol. The zero-order valence-electron chi connectivity index (χ0n) is 13.4. The molecule has 0 aliphatic carbocycles. The molecule has 0 bridgehead atoms. The van der Waals surface area contributed by atoms with Gasteiger partial charge in [0.05, 0.1) is 11.5 Å². The molecule has 1 aliphatic heterocycles. The lowest BCUT2D eigenvalue weighted by atomic mass is 10.3. The molecule has 0 amide bonds. The lowest BCUT2D eigenvalue weighted by molar-refractivity contribution is 0.373. The molecule has 0 aromatic carbocycles. The fourth-order valence-electron chi connectivity index (χ4n) is 2.56. The van der Waals surface area contributed by atoms with Crippen LogP contribution >= 0.6 is 46.7 Å². The first kappa shape index (κ1) is 18.5. The number of thiophene rings is 1. The number of aliphatic imine (C=N–C) groups is 1. The summed E-state index contributed by atoms with van der Waals surface area (Å²) in [5.41, 5.74) is 1.08. The number of hydrogen-bond acceptors (Lipinski definition) is 5. The van der Waals surface area contributed by atoms with Crippen molar-refractivity contribution in [1.29, 1.82) is 0 Å². The van der Waals surface area contributed by atoms with E-state index in [1.807, 2.05) is 25.3 Å². The Bertz CT molecular complexity index is 618. The number of anilines is 1. The molecule has 0 spiro atoms. The lowest BCUT2D eigenvalue weighted by Gasteiger charge is -2.36. The van der Waals surface area contributed by atoms with Crippen LogP contribution in [-0.2, 0) is 6.54 Å². The SMILES string of the molecule is CN=C(NCc1nc(C)cs1)N1CCN(c2cccs2)CC1.I. The second-order valence-electron chi connectivity index (χ2n) is 5.21. The van der Waals surface area contributed by atoms with E-state index in [1.165, 1.54) is 5.00 Å². The Kier molecular flexibility index (Phi) is 7.09. The average molecular weight is 463 g/mol. The van der Waals surface area contributed by atoms with Crippen LogP contribution in [0.4, 0.5) is 5.00 Å². The third-order valence-corrected chi connectivity index (χ3v) is 5.57. The monoisotopic (exact) mass is 463 g/mol. The number of rotatable bonds is 3. The standard InChI is InChI=1S/C15H21N5S2.HI/c1-12-11-22-13(18-12)10-17-15(16-2)20-7-5-19(6-8-20)14-4-3-9-21-14;/h3-4,9,11H,5-8,10H2,1-2H3,(H,16,17);1H. The van der Waals surface area contributed by atoms with E-state index in [-0.39, 0.29) is 24.0 Å². The maximum absolute atomic E-state index is 4.48. The van der Waals surface area contributed by atoms with Gasteiger partial charge in [0, 0.05) is 44.3 Å². The van der Waals surface area contributed by atoms with Gasteiger partial charge in [-0.1, -0.05) is 0 Å². The van der Waals surface area contributed by atoms with E-state index in [4.69, 9.17) is 0 Å². The van der Waals surface area contributed by atoms with Crippen LogP contribution in [0.1, 0.15) is 10.7 Å². The quantitative estimate of drug-likeness (QED) is 0.432. The van der Waals surface area contributed by atoms with Crippen molar-refractivity contribution in [1.82, 2.24) is 15.2 Å². The molecule has 1 aliphatic rings. The van der Waals surface area contributed by atoms with Crippen LogP contribution in [0.25, 0.3) is 0 Å². The third kappa shape index (κ3) is 4.80. The number of nitrogens with zero attached hydrogens (tertiary/aromatic N) is 4. The Morgan fingerprint density at radius 2 is 2.09 bits per heavy atom. The van der Waals surface area contributed by atoms with Gasteiger partial charge in [0.2, 0.25) is 0 Å². The van der Waals surface area contributed by atoms with Gasteiger partial charge in [-0.3, -0.25) is 4.99 Å². The number of nitrogens with one attached hydrogen (secondary N) is 1. The molecule has 0 saturated carbocycles. The maximum Gasteiger partial charge on any atom is 0.194 e. The number of halogens is 1. The van der Waals surface area contributed by atoms with Crippen molar-refractivity contribution in [2.75, 3.05) is 38.1 Å². The summed E-state index contributed by atoms with van der Waals surface area (Å²) in [6, 6.07) is 4.31. The summed E-state index contributed by atoms with van der Waals surface area (Å²) in [5, 5.41) is 10.1. The largest absolute Gasteiger partial charge is 0.360 e. The first-order chi connectivity index (χ1) is 10.8. The lowest BCUT2D eigenvalue weighted by Crippen LogP contribution is -2.52. The second kappa shape index (κ2) is 8.84. The number of aromatic nitrogens is 1. The predicted octanol–water partition coefficient (Wildman–Crippen LogP) is 3.03. The highest BCUT2D eigenvalue weighted by molar-refractivity contribution is 14.0. The van der Waals surface area contributed by atoms with Crippen molar-refractivity contribution in [2.45, 2.75) is 13.5 Å². The smallest absolute Gasteiger partial charge is 0.194 e. The van der Waals surface area contributed by atoms with Gasteiger partial charge in [-0.25, -0.2) is 4.98 Å². The van der Waals surface area contributed by atoms with Crippen molar-refractivity contribution >= 4 is 57.6 Å². The molecule has 2 aromatic heterocycles. The van der Waals surface area contributed by atoms with E-state index < -0.39 is 0 Å². The summed E-state index contributed by atoms with van der Waals surface area (Å²) in [7, 11) is 1.85. The highest BCUT2D eigenvalue weighted by Crippen LogP contribution is 2.22. The van der Waals surface area contributed by atoms with Crippen LogP contribution in [-0.4, -0.2) is 49.1 Å². The minimum Gasteiger partial charge on any atom is -0.360 e. The maximum atomic E-state index is 4.48. The Hall–Kier alpha value is -0.870. The predicted molar refractivity (Wildman–Crippen MR) is 111 cm³/mol. The van der Waals surface area contributed by atoms with Crippen LogP contribution in [0.5, 0.6) is 0 Å². The highest BCUT2D eigenvalue weighted by atomic mass is 127. The summed E-state index contributed by atoms with van der Waals surface area (Å²) in [5.74, 6) is 0.971. The minimum absolute atomic E-state index is 0. The van der Waals surface area contributed by atoms with E-state index in [9.17, 15) is 0 Å². The number of thiazole rings is 1. The van der Waals surface area contributed by atoms with Crippen LogP contribution in [0.2, 0.25) is 0 Å². The summed E-state index contributed by atoms with van der Waals surface area (Å²) >= 11 is 3.50. The molecule has 2 aromatic rings. The van der Waals surface area contributed by atoms with Crippen molar-refractivity contribution in [3.63, 3.8) is 0 Å². The Morgan fingerprint density at radius 3 is 2.65 bits per heavy atom. The van der Waals surface area contributed by atoms with Gasteiger partial charge in [-0.2, -0.15) is 0 Å².